The van der Waals surface area contributed by atoms with Gasteiger partial charge >= 0.3 is 0 Å². The molecule has 1 unspecified atom stereocenters. The second-order valence-electron chi connectivity index (χ2n) is 5.31. The number of nitrogens with two attached hydrogens (primary N) is 1. The molecule has 0 radical (unpaired) electrons. The van der Waals surface area contributed by atoms with Crippen LogP contribution in [0.25, 0.3) is 0 Å². The summed E-state index contributed by atoms with van der Waals surface area (Å²) >= 11 is 0. The van der Waals surface area contributed by atoms with E-state index in [0.29, 0.717) is 5.96 Å². The molecule has 5 heteroatoms. The Bertz CT molecular complexity index is 633. The third kappa shape index (κ3) is 4.53. The Labute approximate surface area is 137 Å². The largest absolute Gasteiger partial charge is 0.386 e. The summed E-state index contributed by atoms with van der Waals surface area (Å²) in [6, 6.07) is 9.77. The highest BCUT2D eigenvalue weighted by atomic mass is 16.3. The van der Waals surface area contributed by atoms with Gasteiger partial charge in [0.25, 0.3) is 0 Å². The number of aliphatic hydroxyl groups is 1. The normalized spacial score (nSPS) is 12.9. The average Bonchev–Trinajstić information content (AvgIpc) is 2.60. The van der Waals surface area contributed by atoms with Gasteiger partial charge in [-0.25, -0.2) is 0 Å². The molecule has 0 saturated heterocycles. The number of hydrogen-bond donors (Lipinski definition) is 3. The highest BCUT2D eigenvalue weighted by Gasteiger charge is 2.09. The Morgan fingerprint density at radius 3 is 2.35 bits per heavy atom. The van der Waals surface area contributed by atoms with E-state index in [0.717, 1.165) is 24.1 Å². The average molecular weight is 312 g/mol. The van der Waals surface area contributed by atoms with Crippen molar-refractivity contribution in [2.75, 3.05) is 11.9 Å². The van der Waals surface area contributed by atoms with Crippen molar-refractivity contribution < 1.29 is 5.11 Å². The van der Waals surface area contributed by atoms with Crippen molar-refractivity contribution in [3.63, 3.8) is 0 Å². The third-order valence-electron chi connectivity index (χ3n) is 3.78. The van der Waals surface area contributed by atoms with E-state index < -0.39 is 6.10 Å². The zero-order valence-electron chi connectivity index (χ0n) is 13.7. The summed E-state index contributed by atoms with van der Waals surface area (Å²) in [4.78, 5) is 8.19. The Morgan fingerprint density at radius 2 is 1.78 bits per heavy atom. The summed E-state index contributed by atoms with van der Waals surface area (Å²) in [5.41, 5.74) is 10.2. The van der Waals surface area contributed by atoms with Crippen molar-refractivity contribution in [2.45, 2.75) is 32.8 Å². The molecule has 122 valence electrons. The van der Waals surface area contributed by atoms with Crippen LogP contribution in [0.15, 0.2) is 47.7 Å². The molecule has 23 heavy (non-hydrogen) atoms. The minimum absolute atomic E-state index is 0.207. The summed E-state index contributed by atoms with van der Waals surface area (Å²) in [7, 11) is 0. The number of aryl methyl sites for hydroxylation is 2. The molecule has 0 aliphatic carbocycles. The third-order valence-corrected chi connectivity index (χ3v) is 3.78. The molecule has 2 rings (SSSR count). The number of guanidine groups is 1. The number of para-hydroxylation sites is 1. The van der Waals surface area contributed by atoms with E-state index in [-0.39, 0.29) is 6.54 Å². The Balaban J connectivity index is 2.08. The van der Waals surface area contributed by atoms with Gasteiger partial charge in [0.15, 0.2) is 5.96 Å². The van der Waals surface area contributed by atoms with Gasteiger partial charge < -0.3 is 16.2 Å². The van der Waals surface area contributed by atoms with E-state index in [4.69, 9.17) is 5.73 Å². The van der Waals surface area contributed by atoms with E-state index in [1.807, 2.05) is 0 Å². The summed E-state index contributed by atoms with van der Waals surface area (Å²) in [5.74, 6) is 0.314. The predicted molar refractivity (Wildman–Crippen MR) is 94.5 cm³/mol. The molecule has 1 aromatic heterocycles. The van der Waals surface area contributed by atoms with Crippen LogP contribution in [-0.4, -0.2) is 22.6 Å². The molecule has 4 N–H and O–H groups in total. The molecule has 0 fully saturated rings. The minimum Gasteiger partial charge on any atom is -0.386 e. The van der Waals surface area contributed by atoms with Crippen molar-refractivity contribution >= 4 is 11.6 Å². The maximum atomic E-state index is 10.1. The molecule has 0 spiro atoms. The summed E-state index contributed by atoms with van der Waals surface area (Å²) < 4.78 is 0. The summed E-state index contributed by atoms with van der Waals surface area (Å²) in [6.07, 6.45) is 4.45. The van der Waals surface area contributed by atoms with Crippen molar-refractivity contribution in [3.8, 4) is 0 Å². The van der Waals surface area contributed by atoms with E-state index >= 15 is 0 Å². The van der Waals surface area contributed by atoms with Crippen LogP contribution in [0.2, 0.25) is 0 Å². The summed E-state index contributed by atoms with van der Waals surface area (Å²) in [5, 5.41) is 13.3. The molecule has 0 saturated carbocycles. The number of rotatable bonds is 6. The van der Waals surface area contributed by atoms with Crippen molar-refractivity contribution in [1.82, 2.24) is 4.98 Å². The smallest absolute Gasteiger partial charge is 0.193 e. The monoisotopic (exact) mass is 312 g/mol. The maximum Gasteiger partial charge on any atom is 0.193 e. The molecular formula is C18H24N4O. The number of hydrogen-bond acceptors (Lipinski definition) is 3. The topological polar surface area (TPSA) is 83.5 Å². The molecule has 1 atom stereocenters. The SMILES string of the molecule is CCc1cccc(CC)c1NC(N)=NCC(O)c1ccncc1. The van der Waals surface area contributed by atoms with Crippen LogP contribution < -0.4 is 11.1 Å². The van der Waals surface area contributed by atoms with Gasteiger partial charge in [0.1, 0.15) is 0 Å². The van der Waals surface area contributed by atoms with Crippen LogP contribution in [-0.2, 0) is 12.8 Å². The van der Waals surface area contributed by atoms with Gasteiger partial charge in [-0.05, 0) is 41.7 Å². The molecule has 0 aliphatic rings. The van der Waals surface area contributed by atoms with E-state index in [9.17, 15) is 5.11 Å². The number of benzene rings is 1. The van der Waals surface area contributed by atoms with E-state index in [1.165, 1.54) is 11.1 Å². The molecule has 5 nitrogen and oxygen atoms in total. The fourth-order valence-corrected chi connectivity index (χ4v) is 2.45. The lowest BCUT2D eigenvalue weighted by Crippen LogP contribution is -2.25. The van der Waals surface area contributed by atoms with Gasteiger partial charge in [0.2, 0.25) is 0 Å². The van der Waals surface area contributed by atoms with Crippen LogP contribution >= 0.6 is 0 Å². The quantitative estimate of drug-likeness (QED) is 0.565. The summed E-state index contributed by atoms with van der Waals surface area (Å²) in [6.45, 7) is 4.43. The first kappa shape index (κ1) is 17.0. The van der Waals surface area contributed by atoms with Crippen molar-refractivity contribution in [1.29, 1.82) is 0 Å². The van der Waals surface area contributed by atoms with Crippen LogP contribution in [0.5, 0.6) is 0 Å². The molecular weight excluding hydrogens is 288 g/mol. The fraction of sp³-hybridized carbons (Fsp3) is 0.333. The second-order valence-corrected chi connectivity index (χ2v) is 5.31. The molecule has 2 aromatic rings. The molecule has 0 aliphatic heterocycles. The fourth-order valence-electron chi connectivity index (χ4n) is 2.45. The number of pyridine rings is 1. The zero-order valence-corrected chi connectivity index (χ0v) is 13.7. The first-order valence-corrected chi connectivity index (χ1v) is 7.91. The highest BCUT2D eigenvalue weighted by molar-refractivity contribution is 5.93. The van der Waals surface area contributed by atoms with Crippen LogP contribution in [0, 0.1) is 0 Å². The van der Waals surface area contributed by atoms with Crippen molar-refractivity contribution in [3.05, 3.63) is 59.4 Å². The van der Waals surface area contributed by atoms with Gasteiger partial charge in [-0.3, -0.25) is 9.98 Å². The van der Waals surface area contributed by atoms with Gasteiger partial charge in [0, 0.05) is 18.1 Å². The first-order valence-electron chi connectivity index (χ1n) is 7.91. The Kier molecular flexibility index (Phi) is 6.11. The molecule has 1 heterocycles. The van der Waals surface area contributed by atoms with Gasteiger partial charge in [-0.1, -0.05) is 32.0 Å². The number of nitrogens with zero attached hydrogens (tertiary/aromatic N) is 2. The molecule has 0 bridgehead atoms. The zero-order chi connectivity index (χ0) is 16.7. The van der Waals surface area contributed by atoms with Gasteiger partial charge in [-0.2, -0.15) is 0 Å². The number of aliphatic hydroxyl groups excluding tert-OH is 1. The van der Waals surface area contributed by atoms with E-state index in [2.05, 4.69) is 47.3 Å². The molecule has 0 amide bonds. The lowest BCUT2D eigenvalue weighted by molar-refractivity contribution is 0.187. The first-order chi connectivity index (χ1) is 11.2. The number of anilines is 1. The minimum atomic E-state index is -0.689. The standard InChI is InChI=1S/C18H24N4O/c1-3-13-6-5-7-14(4-2)17(13)22-18(19)21-12-16(23)15-8-10-20-11-9-15/h5-11,16,23H,3-4,12H2,1-2H3,(H3,19,21,22). The predicted octanol–water partition coefficient (Wildman–Crippen LogP) is 2.67. The van der Waals surface area contributed by atoms with Crippen LogP contribution in [0.3, 0.4) is 0 Å². The lowest BCUT2D eigenvalue weighted by Gasteiger charge is -2.15. The molecule has 1 aromatic carbocycles. The highest BCUT2D eigenvalue weighted by Crippen LogP contribution is 2.22. The Hall–Kier alpha value is -2.40. The van der Waals surface area contributed by atoms with Crippen LogP contribution in [0.4, 0.5) is 5.69 Å². The number of aliphatic imine (C=N–C) groups is 1. The lowest BCUT2D eigenvalue weighted by atomic mass is 10.0. The number of aromatic nitrogens is 1. The van der Waals surface area contributed by atoms with Gasteiger partial charge in [-0.15, -0.1) is 0 Å². The van der Waals surface area contributed by atoms with E-state index in [1.54, 1.807) is 24.5 Å². The van der Waals surface area contributed by atoms with Crippen molar-refractivity contribution in [2.24, 2.45) is 10.7 Å². The van der Waals surface area contributed by atoms with Crippen LogP contribution in [0.1, 0.15) is 36.6 Å². The Morgan fingerprint density at radius 1 is 1.17 bits per heavy atom. The number of nitrogens with one attached hydrogen (secondary N) is 1. The maximum absolute atomic E-state index is 10.1. The second kappa shape index (κ2) is 8.29. The van der Waals surface area contributed by atoms with Gasteiger partial charge in [0.05, 0.1) is 12.6 Å².